The number of benzene rings is 1. The van der Waals surface area contributed by atoms with Gasteiger partial charge in [0.15, 0.2) is 0 Å². The summed E-state index contributed by atoms with van der Waals surface area (Å²) in [5, 5.41) is 3.80. The number of aryl methyl sites for hydroxylation is 2. The summed E-state index contributed by atoms with van der Waals surface area (Å²) < 4.78 is 0. The number of hydrogen-bond acceptors (Lipinski definition) is 2. The highest BCUT2D eigenvalue weighted by atomic mass is 15.2. The number of rotatable bonds is 6. The van der Waals surface area contributed by atoms with E-state index in [1.54, 1.807) is 0 Å². The first kappa shape index (κ1) is 16.5. The lowest BCUT2D eigenvalue weighted by atomic mass is 9.82. The van der Waals surface area contributed by atoms with E-state index in [4.69, 9.17) is 0 Å². The molecule has 0 spiro atoms. The van der Waals surface area contributed by atoms with Gasteiger partial charge in [-0.15, -0.1) is 0 Å². The second-order valence-electron chi connectivity index (χ2n) is 6.95. The van der Waals surface area contributed by atoms with Gasteiger partial charge in [0.05, 0.1) is 0 Å². The van der Waals surface area contributed by atoms with Crippen LogP contribution in [-0.2, 0) is 6.42 Å². The molecule has 0 radical (unpaired) electrons. The van der Waals surface area contributed by atoms with Crippen molar-refractivity contribution in [3.63, 3.8) is 0 Å². The Kier molecular flexibility index (Phi) is 5.45. The summed E-state index contributed by atoms with van der Waals surface area (Å²) in [6.45, 7) is 7.72. The molecule has 1 N–H and O–H groups in total. The van der Waals surface area contributed by atoms with Crippen molar-refractivity contribution >= 4 is 0 Å². The Morgan fingerprint density at radius 2 is 1.86 bits per heavy atom. The molecule has 2 nitrogen and oxygen atoms in total. The molecule has 1 aliphatic rings. The molecule has 1 aromatic rings. The maximum Gasteiger partial charge on any atom is 0.0359 e. The summed E-state index contributed by atoms with van der Waals surface area (Å²) >= 11 is 0. The Morgan fingerprint density at radius 1 is 1.19 bits per heavy atom. The lowest BCUT2D eigenvalue weighted by Gasteiger charge is -2.44. The molecule has 2 rings (SSSR count). The van der Waals surface area contributed by atoms with Gasteiger partial charge in [0, 0.05) is 11.6 Å². The molecule has 1 unspecified atom stereocenters. The predicted octanol–water partition coefficient (Wildman–Crippen LogP) is 3.70. The SMILES string of the molecule is CCNC(Cc1cc(C)ccc1C)C1(N(C)C)CCCC1. The van der Waals surface area contributed by atoms with E-state index in [0.717, 1.165) is 13.0 Å². The third-order valence-corrected chi connectivity index (χ3v) is 5.39. The van der Waals surface area contributed by atoms with E-state index in [0.29, 0.717) is 11.6 Å². The van der Waals surface area contributed by atoms with Gasteiger partial charge >= 0.3 is 0 Å². The molecule has 1 fully saturated rings. The second kappa shape index (κ2) is 6.93. The van der Waals surface area contributed by atoms with Gasteiger partial charge in [-0.3, -0.25) is 0 Å². The van der Waals surface area contributed by atoms with Crippen LogP contribution in [0.3, 0.4) is 0 Å². The van der Waals surface area contributed by atoms with Crippen LogP contribution in [0.5, 0.6) is 0 Å². The highest BCUT2D eigenvalue weighted by Crippen LogP contribution is 2.38. The van der Waals surface area contributed by atoms with Crippen molar-refractivity contribution in [1.82, 2.24) is 10.2 Å². The van der Waals surface area contributed by atoms with Gasteiger partial charge in [-0.05, 0) is 64.9 Å². The monoisotopic (exact) mass is 288 g/mol. The summed E-state index contributed by atoms with van der Waals surface area (Å²) in [4.78, 5) is 2.48. The van der Waals surface area contributed by atoms with Crippen molar-refractivity contribution in [3.8, 4) is 0 Å². The predicted molar refractivity (Wildman–Crippen MR) is 92.0 cm³/mol. The molecule has 1 aliphatic carbocycles. The van der Waals surface area contributed by atoms with Gasteiger partial charge in [0.25, 0.3) is 0 Å². The molecule has 0 amide bonds. The minimum Gasteiger partial charge on any atom is -0.312 e. The van der Waals surface area contributed by atoms with Crippen LogP contribution in [0, 0.1) is 13.8 Å². The Bertz CT molecular complexity index is 459. The fourth-order valence-corrected chi connectivity index (χ4v) is 4.03. The van der Waals surface area contributed by atoms with Gasteiger partial charge in [0.1, 0.15) is 0 Å². The third kappa shape index (κ3) is 3.49. The lowest BCUT2D eigenvalue weighted by Crippen LogP contribution is -2.58. The quantitative estimate of drug-likeness (QED) is 0.858. The zero-order valence-electron chi connectivity index (χ0n) is 14.5. The third-order valence-electron chi connectivity index (χ3n) is 5.39. The van der Waals surface area contributed by atoms with E-state index >= 15 is 0 Å². The van der Waals surface area contributed by atoms with E-state index in [2.05, 4.69) is 63.3 Å². The molecule has 0 saturated heterocycles. The maximum absolute atomic E-state index is 3.80. The average molecular weight is 288 g/mol. The van der Waals surface area contributed by atoms with E-state index in [1.165, 1.54) is 42.4 Å². The molecule has 0 bridgehead atoms. The fraction of sp³-hybridized carbons (Fsp3) is 0.684. The standard InChI is InChI=1S/C19H32N2/c1-6-20-18(19(21(4)5)11-7-8-12-19)14-17-13-15(2)9-10-16(17)3/h9-10,13,18,20H,6-8,11-12,14H2,1-5H3. The number of likely N-dealkylation sites (N-methyl/N-ethyl adjacent to an activating group) is 2. The summed E-state index contributed by atoms with van der Waals surface area (Å²) in [5.74, 6) is 0. The van der Waals surface area contributed by atoms with Gasteiger partial charge in [-0.2, -0.15) is 0 Å². The average Bonchev–Trinajstić information content (AvgIpc) is 2.93. The molecule has 2 heteroatoms. The Labute approximate surface area is 130 Å². The van der Waals surface area contributed by atoms with E-state index < -0.39 is 0 Å². The molecule has 1 atom stereocenters. The normalized spacial score (nSPS) is 19.1. The van der Waals surface area contributed by atoms with Crippen LogP contribution in [-0.4, -0.2) is 37.1 Å². The number of hydrogen-bond donors (Lipinski definition) is 1. The molecule has 21 heavy (non-hydrogen) atoms. The van der Waals surface area contributed by atoms with Crippen molar-refractivity contribution in [2.24, 2.45) is 0 Å². The van der Waals surface area contributed by atoms with Crippen molar-refractivity contribution in [3.05, 3.63) is 34.9 Å². The van der Waals surface area contributed by atoms with Crippen LogP contribution in [0.4, 0.5) is 0 Å². The van der Waals surface area contributed by atoms with Gasteiger partial charge < -0.3 is 10.2 Å². The van der Waals surface area contributed by atoms with Crippen LogP contribution >= 0.6 is 0 Å². The molecular weight excluding hydrogens is 256 g/mol. The summed E-state index contributed by atoms with van der Waals surface area (Å²) in [5.41, 5.74) is 4.63. The van der Waals surface area contributed by atoms with Crippen LogP contribution in [0.25, 0.3) is 0 Å². The first-order valence-corrected chi connectivity index (χ1v) is 8.46. The Hall–Kier alpha value is -0.860. The summed E-state index contributed by atoms with van der Waals surface area (Å²) in [6, 6.07) is 7.40. The lowest BCUT2D eigenvalue weighted by molar-refractivity contribution is 0.105. The maximum atomic E-state index is 3.80. The minimum atomic E-state index is 0.326. The van der Waals surface area contributed by atoms with E-state index in [-0.39, 0.29) is 0 Å². The van der Waals surface area contributed by atoms with Gasteiger partial charge in [0.2, 0.25) is 0 Å². The smallest absolute Gasteiger partial charge is 0.0359 e. The Morgan fingerprint density at radius 3 is 2.43 bits per heavy atom. The minimum absolute atomic E-state index is 0.326. The van der Waals surface area contributed by atoms with E-state index in [1.807, 2.05) is 0 Å². The van der Waals surface area contributed by atoms with E-state index in [9.17, 15) is 0 Å². The molecule has 0 aromatic heterocycles. The largest absolute Gasteiger partial charge is 0.312 e. The van der Waals surface area contributed by atoms with Crippen LogP contribution in [0.1, 0.15) is 49.3 Å². The zero-order valence-corrected chi connectivity index (χ0v) is 14.5. The van der Waals surface area contributed by atoms with Crippen molar-refractivity contribution in [2.45, 2.75) is 64.5 Å². The van der Waals surface area contributed by atoms with Crippen LogP contribution in [0.15, 0.2) is 18.2 Å². The fourth-order valence-electron chi connectivity index (χ4n) is 4.03. The van der Waals surface area contributed by atoms with Gasteiger partial charge in [-0.1, -0.05) is 43.5 Å². The first-order chi connectivity index (χ1) is 9.99. The van der Waals surface area contributed by atoms with Crippen LogP contribution in [0.2, 0.25) is 0 Å². The highest BCUT2D eigenvalue weighted by molar-refractivity contribution is 5.32. The summed E-state index contributed by atoms with van der Waals surface area (Å²) in [6.07, 6.45) is 6.52. The van der Waals surface area contributed by atoms with Crippen molar-refractivity contribution < 1.29 is 0 Å². The first-order valence-electron chi connectivity index (χ1n) is 8.46. The molecule has 0 heterocycles. The number of nitrogens with one attached hydrogen (secondary N) is 1. The molecule has 118 valence electrons. The molecular formula is C19H32N2. The van der Waals surface area contributed by atoms with Gasteiger partial charge in [-0.25, -0.2) is 0 Å². The molecule has 1 aromatic carbocycles. The second-order valence-corrected chi connectivity index (χ2v) is 6.95. The molecule has 0 aliphatic heterocycles. The highest BCUT2D eigenvalue weighted by Gasteiger charge is 2.42. The number of nitrogens with zero attached hydrogens (tertiary/aromatic N) is 1. The molecule has 1 saturated carbocycles. The Balaban J connectivity index is 2.28. The van der Waals surface area contributed by atoms with Crippen molar-refractivity contribution in [2.75, 3.05) is 20.6 Å². The van der Waals surface area contributed by atoms with Crippen molar-refractivity contribution in [1.29, 1.82) is 0 Å². The topological polar surface area (TPSA) is 15.3 Å². The van der Waals surface area contributed by atoms with Crippen LogP contribution < -0.4 is 5.32 Å². The zero-order chi connectivity index (χ0) is 15.5. The summed E-state index contributed by atoms with van der Waals surface area (Å²) in [7, 11) is 4.53.